The van der Waals surface area contributed by atoms with Gasteiger partial charge >= 0.3 is 6.36 Å². The van der Waals surface area contributed by atoms with Crippen LogP contribution < -0.4 is 10.1 Å². The van der Waals surface area contributed by atoms with E-state index >= 15 is 0 Å². The van der Waals surface area contributed by atoms with Crippen molar-refractivity contribution >= 4 is 11.7 Å². The second kappa shape index (κ2) is 8.66. The van der Waals surface area contributed by atoms with Crippen LogP contribution in [0.2, 0.25) is 0 Å². The van der Waals surface area contributed by atoms with Crippen molar-refractivity contribution < 1.29 is 27.5 Å². The average molecular weight is 380 g/mol. The normalized spacial score (nSPS) is 12.3. The number of ether oxygens (including phenoxy) is 1. The summed E-state index contributed by atoms with van der Waals surface area (Å²) in [4.78, 5) is 28.0. The first-order valence-electron chi connectivity index (χ1n) is 8.31. The number of carbonyl (C=O) groups excluding carboxylic acids is 2. The number of carbonyl (C=O) groups is 2. The molecule has 2 aromatic rings. The van der Waals surface area contributed by atoms with Crippen molar-refractivity contribution in [3.63, 3.8) is 0 Å². The standard InChI is InChI=1S/C19H19F3N2O3/c1-3-16(25)11-15-9-14(7-8-23-15)18(26)24-12(2)13-5-4-6-17(10-13)27-19(20,21)22/h4-10,12H,3,11H2,1-2H3,(H,24,26). The number of benzene rings is 1. The number of amides is 1. The molecule has 1 aromatic heterocycles. The third-order valence-corrected chi connectivity index (χ3v) is 3.79. The number of pyridine rings is 1. The van der Waals surface area contributed by atoms with Gasteiger partial charge in [0.2, 0.25) is 0 Å². The molecule has 1 atom stereocenters. The largest absolute Gasteiger partial charge is 0.573 e. The molecule has 1 heterocycles. The van der Waals surface area contributed by atoms with Crippen LogP contribution in [0.5, 0.6) is 5.75 Å². The van der Waals surface area contributed by atoms with Crippen LogP contribution in [0.15, 0.2) is 42.6 Å². The summed E-state index contributed by atoms with van der Waals surface area (Å²) in [5.74, 6) is -0.766. The molecule has 1 unspecified atom stereocenters. The van der Waals surface area contributed by atoms with Crippen LogP contribution in [-0.2, 0) is 11.2 Å². The predicted octanol–water partition coefficient (Wildman–Crippen LogP) is 3.99. The van der Waals surface area contributed by atoms with Gasteiger partial charge in [0.05, 0.1) is 6.04 Å². The van der Waals surface area contributed by atoms with Crippen molar-refractivity contribution in [1.82, 2.24) is 10.3 Å². The van der Waals surface area contributed by atoms with Crippen LogP contribution in [0.4, 0.5) is 13.2 Å². The Hall–Kier alpha value is -2.90. The molecule has 144 valence electrons. The van der Waals surface area contributed by atoms with Gasteiger partial charge in [0, 0.05) is 30.3 Å². The molecule has 0 spiro atoms. The van der Waals surface area contributed by atoms with E-state index in [1.807, 2.05) is 0 Å². The van der Waals surface area contributed by atoms with E-state index in [0.717, 1.165) is 0 Å². The number of rotatable bonds is 7. The van der Waals surface area contributed by atoms with Crippen LogP contribution in [0.1, 0.15) is 47.9 Å². The number of nitrogens with one attached hydrogen (secondary N) is 1. The lowest BCUT2D eigenvalue weighted by Crippen LogP contribution is -2.27. The van der Waals surface area contributed by atoms with Crippen molar-refractivity contribution in [3.8, 4) is 5.75 Å². The average Bonchev–Trinajstić information content (AvgIpc) is 2.60. The van der Waals surface area contributed by atoms with Crippen molar-refractivity contribution in [2.75, 3.05) is 0 Å². The minimum Gasteiger partial charge on any atom is -0.406 e. The number of ketones is 1. The smallest absolute Gasteiger partial charge is 0.406 e. The number of hydrogen-bond donors (Lipinski definition) is 1. The minimum atomic E-state index is -4.78. The molecule has 0 aliphatic heterocycles. The Morgan fingerprint density at radius 1 is 1.22 bits per heavy atom. The molecule has 0 radical (unpaired) electrons. The van der Waals surface area contributed by atoms with Crippen molar-refractivity contribution in [2.24, 2.45) is 0 Å². The summed E-state index contributed by atoms with van der Waals surface area (Å²) in [7, 11) is 0. The van der Waals surface area contributed by atoms with E-state index < -0.39 is 18.3 Å². The zero-order chi connectivity index (χ0) is 20.0. The summed E-state index contributed by atoms with van der Waals surface area (Å²) in [6.07, 6.45) is -2.82. The highest BCUT2D eigenvalue weighted by Crippen LogP contribution is 2.25. The molecule has 8 heteroatoms. The zero-order valence-corrected chi connectivity index (χ0v) is 14.8. The van der Waals surface area contributed by atoms with Crippen LogP contribution in [0.25, 0.3) is 0 Å². The topological polar surface area (TPSA) is 68.3 Å². The Kier molecular flexibility index (Phi) is 6.55. The summed E-state index contributed by atoms with van der Waals surface area (Å²) in [6.45, 7) is 3.39. The van der Waals surface area contributed by atoms with Crippen LogP contribution >= 0.6 is 0 Å². The molecule has 0 aliphatic carbocycles. The van der Waals surface area contributed by atoms with Gasteiger partial charge in [-0.15, -0.1) is 13.2 Å². The first-order valence-corrected chi connectivity index (χ1v) is 8.31. The van der Waals surface area contributed by atoms with Gasteiger partial charge in [-0.2, -0.15) is 0 Å². The lowest BCUT2D eigenvalue weighted by molar-refractivity contribution is -0.274. The van der Waals surface area contributed by atoms with Gasteiger partial charge < -0.3 is 10.1 Å². The molecule has 1 amide bonds. The maximum absolute atomic E-state index is 12.4. The Labute approximate surface area is 154 Å². The van der Waals surface area contributed by atoms with Gasteiger partial charge in [-0.1, -0.05) is 19.1 Å². The van der Waals surface area contributed by atoms with Gasteiger partial charge in [0.15, 0.2) is 0 Å². The lowest BCUT2D eigenvalue weighted by Gasteiger charge is -2.16. The monoisotopic (exact) mass is 380 g/mol. The van der Waals surface area contributed by atoms with Crippen molar-refractivity contribution in [1.29, 1.82) is 0 Å². The summed E-state index contributed by atoms with van der Waals surface area (Å²) in [5, 5.41) is 2.71. The maximum atomic E-state index is 12.4. The molecule has 5 nitrogen and oxygen atoms in total. The van der Waals surface area contributed by atoms with Gasteiger partial charge in [0.1, 0.15) is 11.5 Å². The Morgan fingerprint density at radius 2 is 1.96 bits per heavy atom. The molecular weight excluding hydrogens is 361 g/mol. The fourth-order valence-electron chi connectivity index (χ4n) is 2.39. The molecule has 0 saturated heterocycles. The molecular formula is C19H19F3N2O3. The summed E-state index contributed by atoms with van der Waals surface area (Å²) in [5.41, 5.74) is 1.27. The van der Waals surface area contributed by atoms with E-state index in [2.05, 4.69) is 15.0 Å². The van der Waals surface area contributed by atoms with Crippen LogP contribution in [0.3, 0.4) is 0 Å². The maximum Gasteiger partial charge on any atom is 0.573 e. The number of alkyl halides is 3. The first-order chi connectivity index (χ1) is 12.7. The summed E-state index contributed by atoms with van der Waals surface area (Å²) in [6, 6.07) is 7.89. The Balaban J connectivity index is 2.08. The number of hydrogen-bond acceptors (Lipinski definition) is 4. The fourth-order valence-corrected chi connectivity index (χ4v) is 2.39. The second-order valence-corrected chi connectivity index (χ2v) is 5.92. The zero-order valence-electron chi connectivity index (χ0n) is 14.8. The lowest BCUT2D eigenvalue weighted by atomic mass is 10.1. The van der Waals surface area contributed by atoms with E-state index in [1.165, 1.54) is 36.5 Å². The van der Waals surface area contributed by atoms with E-state index in [4.69, 9.17) is 0 Å². The van der Waals surface area contributed by atoms with E-state index in [0.29, 0.717) is 23.2 Å². The number of halogens is 3. The van der Waals surface area contributed by atoms with Crippen molar-refractivity contribution in [3.05, 3.63) is 59.4 Å². The SMILES string of the molecule is CCC(=O)Cc1cc(C(=O)NC(C)c2cccc(OC(F)(F)F)c2)ccn1. The predicted molar refractivity (Wildman–Crippen MR) is 92.2 cm³/mol. The highest BCUT2D eigenvalue weighted by atomic mass is 19.4. The van der Waals surface area contributed by atoms with Gasteiger partial charge in [-0.05, 0) is 36.8 Å². The van der Waals surface area contributed by atoms with E-state index in [1.54, 1.807) is 19.9 Å². The van der Waals surface area contributed by atoms with Crippen LogP contribution in [0, 0.1) is 0 Å². The summed E-state index contributed by atoms with van der Waals surface area (Å²) >= 11 is 0. The fraction of sp³-hybridized carbons (Fsp3) is 0.316. The molecule has 1 aromatic carbocycles. The quantitative estimate of drug-likeness (QED) is 0.789. The highest BCUT2D eigenvalue weighted by Gasteiger charge is 2.31. The third-order valence-electron chi connectivity index (χ3n) is 3.79. The molecule has 2 rings (SSSR count). The molecule has 0 saturated carbocycles. The molecule has 0 fully saturated rings. The number of Topliss-reactive ketones (excluding diaryl/α,β-unsaturated/α-hetero) is 1. The summed E-state index contributed by atoms with van der Waals surface area (Å²) < 4.78 is 40.9. The Bertz CT molecular complexity index is 822. The first kappa shape index (κ1) is 20.4. The van der Waals surface area contributed by atoms with Gasteiger partial charge in [-0.3, -0.25) is 14.6 Å². The molecule has 27 heavy (non-hydrogen) atoms. The van der Waals surface area contributed by atoms with Gasteiger partial charge in [0.25, 0.3) is 5.91 Å². The molecule has 1 N–H and O–H groups in total. The van der Waals surface area contributed by atoms with E-state index in [9.17, 15) is 22.8 Å². The number of nitrogens with zero attached hydrogens (tertiary/aromatic N) is 1. The number of aromatic nitrogens is 1. The van der Waals surface area contributed by atoms with E-state index in [-0.39, 0.29) is 18.0 Å². The van der Waals surface area contributed by atoms with Gasteiger partial charge in [-0.25, -0.2) is 0 Å². The molecule has 0 aliphatic rings. The minimum absolute atomic E-state index is 0.00917. The Morgan fingerprint density at radius 3 is 2.63 bits per heavy atom. The third kappa shape index (κ3) is 6.40. The highest BCUT2D eigenvalue weighted by molar-refractivity contribution is 5.94. The van der Waals surface area contributed by atoms with Crippen LogP contribution in [-0.4, -0.2) is 23.0 Å². The van der Waals surface area contributed by atoms with Crippen molar-refractivity contribution in [2.45, 2.75) is 39.1 Å². The molecule has 0 bridgehead atoms. The second-order valence-electron chi connectivity index (χ2n) is 5.92.